The van der Waals surface area contributed by atoms with Crippen molar-refractivity contribution in [2.75, 3.05) is 36.5 Å². The van der Waals surface area contributed by atoms with E-state index in [4.69, 9.17) is 23.1 Å². The average molecular weight is 284 g/mol. The van der Waals surface area contributed by atoms with Crippen molar-refractivity contribution in [1.29, 1.82) is 0 Å². The molecule has 0 heterocycles. The van der Waals surface area contributed by atoms with E-state index < -0.39 is 18.8 Å². The lowest BCUT2D eigenvalue weighted by Crippen LogP contribution is -2.15. The van der Waals surface area contributed by atoms with E-state index in [-0.39, 0.29) is 35.2 Å². The number of benzene rings is 1. The summed E-state index contributed by atoms with van der Waals surface area (Å²) in [5, 5.41) is 2.38. The zero-order valence-corrected chi connectivity index (χ0v) is 10.1. The number of hydrogen-bond acceptors (Lipinski definition) is 4. The maximum atomic E-state index is 13.6. The molecule has 1 aromatic carbocycles. The number of nitrogen functional groups attached to an aromatic ring is 2. The largest absolute Gasteiger partial charge is 0.397 e. The Balaban J connectivity index is 2.55. The number of anilines is 3. The lowest BCUT2D eigenvalue weighted by atomic mass is 10.2. The fraction of sp³-hybridized carbons (Fsp3) is 0.400. The molecule has 1 rings (SSSR count). The van der Waals surface area contributed by atoms with Crippen molar-refractivity contribution in [3.8, 4) is 0 Å². The molecule has 4 nitrogen and oxygen atoms in total. The van der Waals surface area contributed by atoms with Crippen molar-refractivity contribution < 1.29 is 17.9 Å². The second-order valence-corrected chi connectivity index (χ2v) is 3.83. The van der Waals surface area contributed by atoms with Crippen molar-refractivity contribution in [3.05, 3.63) is 16.9 Å². The van der Waals surface area contributed by atoms with Gasteiger partial charge in [0.2, 0.25) is 0 Å². The summed E-state index contributed by atoms with van der Waals surface area (Å²) in [5.41, 5.74) is 11.1. The monoisotopic (exact) mass is 283 g/mol. The molecule has 0 bridgehead atoms. The molecule has 0 aliphatic heterocycles. The molecule has 0 unspecified atom stereocenters. The van der Waals surface area contributed by atoms with Gasteiger partial charge in [-0.3, -0.25) is 0 Å². The third kappa shape index (κ3) is 3.85. The van der Waals surface area contributed by atoms with Crippen LogP contribution >= 0.6 is 11.6 Å². The van der Waals surface area contributed by atoms with Gasteiger partial charge >= 0.3 is 0 Å². The van der Waals surface area contributed by atoms with E-state index in [0.717, 1.165) is 0 Å². The van der Waals surface area contributed by atoms with Crippen LogP contribution in [0.4, 0.5) is 30.2 Å². The smallest absolute Gasteiger partial charge is 0.261 e. The highest BCUT2D eigenvalue weighted by Crippen LogP contribution is 2.33. The number of ether oxygens (including phenoxy) is 1. The summed E-state index contributed by atoms with van der Waals surface area (Å²) in [7, 11) is 0. The van der Waals surface area contributed by atoms with Crippen molar-refractivity contribution in [3.63, 3.8) is 0 Å². The topological polar surface area (TPSA) is 73.3 Å². The number of hydrogen-bond donors (Lipinski definition) is 3. The fourth-order valence-corrected chi connectivity index (χ4v) is 1.42. The second-order valence-electron chi connectivity index (χ2n) is 3.45. The first-order valence-electron chi connectivity index (χ1n) is 5.06. The maximum absolute atomic E-state index is 13.6. The highest BCUT2D eigenvalue weighted by molar-refractivity contribution is 6.33. The molecule has 0 aromatic heterocycles. The summed E-state index contributed by atoms with van der Waals surface area (Å²) in [6.45, 7) is -0.554. The third-order valence-electron chi connectivity index (χ3n) is 2.06. The first kappa shape index (κ1) is 14.7. The van der Waals surface area contributed by atoms with Gasteiger partial charge in [0.1, 0.15) is 11.6 Å². The summed E-state index contributed by atoms with van der Waals surface area (Å²) >= 11 is 5.61. The van der Waals surface area contributed by atoms with Crippen molar-refractivity contribution in [2.24, 2.45) is 0 Å². The lowest BCUT2D eigenvalue weighted by molar-refractivity contribution is 0.0215. The SMILES string of the molecule is Nc1cc(N)c(NCCOCC(F)F)c(F)c1Cl. The molecule has 1 aromatic rings. The Morgan fingerprint density at radius 2 is 2.00 bits per heavy atom. The van der Waals surface area contributed by atoms with Gasteiger partial charge in [0.25, 0.3) is 6.43 Å². The Bertz CT molecular complexity index is 418. The van der Waals surface area contributed by atoms with E-state index in [1.807, 2.05) is 0 Å². The minimum atomic E-state index is -2.53. The summed E-state index contributed by atoms with van der Waals surface area (Å²) in [6.07, 6.45) is -2.53. The van der Waals surface area contributed by atoms with Crippen LogP contribution < -0.4 is 16.8 Å². The van der Waals surface area contributed by atoms with Gasteiger partial charge in [-0.2, -0.15) is 0 Å². The normalized spacial score (nSPS) is 10.9. The van der Waals surface area contributed by atoms with Gasteiger partial charge in [-0.05, 0) is 6.07 Å². The summed E-state index contributed by atoms with van der Waals surface area (Å²) in [6, 6.07) is 1.31. The zero-order chi connectivity index (χ0) is 13.7. The Hall–Kier alpha value is -1.34. The second kappa shape index (κ2) is 6.55. The van der Waals surface area contributed by atoms with Crippen LogP contribution in [0.15, 0.2) is 6.07 Å². The Morgan fingerprint density at radius 3 is 2.61 bits per heavy atom. The minimum absolute atomic E-state index is 0.00871. The van der Waals surface area contributed by atoms with Gasteiger partial charge < -0.3 is 21.5 Å². The van der Waals surface area contributed by atoms with Crippen LogP contribution in [0.1, 0.15) is 0 Å². The quantitative estimate of drug-likeness (QED) is 0.553. The third-order valence-corrected chi connectivity index (χ3v) is 2.44. The van der Waals surface area contributed by atoms with Crippen LogP contribution in [0.25, 0.3) is 0 Å². The lowest BCUT2D eigenvalue weighted by Gasteiger charge is -2.13. The summed E-state index contributed by atoms with van der Waals surface area (Å²) < 4.78 is 41.8. The molecule has 102 valence electrons. The van der Waals surface area contributed by atoms with Crippen LogP contribution in [0.2, 0.25) is 5.02 Å². The predicted molar refractivity (Wildman–Crippen MR) is 65.5 cm³/mol. The molecule has 0 radical (unpaired) electrons. The molecule has 0 saturated heterocycles. The molecule has 18 heavy (non-hydrogen) atoms. The van der Waals surface area contributed by atoms with Crippen LogP contribution in [-0.2, 0) is 4.74 Å². The highest BCUT2D eigenvalue weighted by Gasteiger charge is 2.13. The first-order chi connectivity index (χ1) is 8.43. The molecule has 8 heteroatoms. The average Bonchev–Trinajstić information content (AvgIpc) is 2.29. The molecular formula is C10H13ClF3N3O. The number of alkyl halides is 2. The first-order valence-corrected chi connectivity index (χ1v) is 5.44. The fourth-order valence-electron chi connectivity index (χ4n) is 1.27. The van der Waals surface area contributed by atoms with Crippen molar-refractivity contribution in [2.45, 2.75) is 6.43 Å². The van der Waals surface area contributed by atoms with Crippen molar-refractivity contribution >= 4 is 28.7 Å². The van der Waals surface area contributed by atoms with E-state index in [9.17, 15) is 13.2 Å². The molecule has 0 aliphatic carbocycles. The van der Waals surface area contributed by atoms with Crippen LogP contribution in [0, 0.1) is 5.82 Å². The molecule has 0 fully saturated rings. The maximum Gasteiger partial charge on any atom is 0.261 e. The van der Waals surface area contributed by atoms with Crippen LogP contribution in [0.5, 0.6) is 0 Å². The Labute approximate surface area is 107 Å². The van der Waals surface area contributed by atoms with E-state index in [2.05, 4.69) is 10.1 Å². The molecule has 0 aliphatic rings. The van der Waals surface area contributed by atoms with Crippen LogP contribution in [-0.4, -0.2) is 26.2 Å². The molecular weight excluding hydrogens is 271 g/mol. The van der Waals surface area contributed by atoms with E-state index in [0.29, 0.717) is 0 Å². The predicted octanol–water partition coefficient (Wildman–Crippen LogP) is 2.34. The Kier molecular flexibility index (Phi) is 5.36. The van der Waals surface area contributed by atoms with Gasteiger partial charge in [0.15, 0.2) is 5.82 Å². The standard InChI is InChI=1S/C10H13ClF3N3O/c11-8-5(15)3-6(16)10(9(8)14)17-1-2-18-4-7(12)13/h3,7,17H,1-2,4,15-16H2. The van der Waals surface area contributed by atoms with Crippen LogP contribution in [0.3, 0.4) is 0 Å². The zero-order valence-electron chi connectivity index (χ0n) is 9.35. The molecule has 0 saturated carbocycles. The van der Waals surface area contributed by atoms with Gasteiger partial charge in [0.05, 0.1) is 23.7 Å². The number of nitrogens with two attached hydrogens (primary N) is 2. The Morgan fingerprint density at radius 1 is 1.33 bits per heavy atom. The number of rotatable bonds is 6. The van der Waals surface area contributed by atoms with E-state index in [1.54, 1.807) is 0 Å². The number of halogens is 4. The van der Waals surface area contributed by atoms with E-state index in [1.165, 1.54) is 6.07 Å². The van der Waals surface area contributed by atoms with E-state index >= 15 is 0 Å². The number of nitrogens with one attached hydrogen (secondary N) is 1. The van der Waals surface area contributed by atoms with Gasteiger partial charge in [0, 0.05) is 6.54 Å². The molecule has 0 amide bonds. The van der Waals surface area contributed by atoms with Crippen molar-refractivity contribution in [1.82, 2.24) is 0 Å². The highest BCUT2D eigenvalue weighted by atomic mass is 35.5. The van der Waals surface area contributed by atoms with Gasteiger partial charge in [-0.15, -0.1) is 0 Å². The molecule has 0 spiro atoms. The summed E-state index contributed by atoms with van der Waals surface area (Å²) in [5.74, 6) is -0.775. The van der Waals surface area contributed by atoms with Gasteiger partial charge in [-0.1, -0.05) is 11.6 Å². The van der Waals surface area contributed by atoms with Gasteiger partial charge in [-0.25, -0.2) is 13.2 Å². The summed E-state index contributed by atoms with van der Waals surface area (Å²) in [4.78, 5) is 0. The molecule has 0 atom stereocenters. The molecule has 5 N–H and O–H groups in total. The minimum Gasteiger partial charge on any atom is -0.397 e.